The molecule has 0 aromatic heterocycles. The Kier molecular flexibility index (Phi) is 10.3. The number of carbonyl (C=O) groups excluding carboxylic acids is 1. The summed E-state index contributed by atoms with van der Waals surface area (Å²) in [7, 11) is -6.24. The Bertz CT molecular complexity index is 1500. The summed E-state index contributed by atoms with van der Waals surface area (Å²) in [5.41, 5.74) is 2.20. The van der Waals surface area contributed by atoms with Gasteiger partial charge < -0.3 is 18.9 Å². The van der Waals surface area contributed by atoms with Crippen LogP contribution in [0.5, 0.6) is 5.75 Å². The lowest BCUT2D eigenvalue weighted by atomic mass is 10.1. The molecule has 0 bridgehead atoms. The molecule has 0 spiro atoms. The Morgan fingerprint density at radius 3 is 2.05 bits per heavy atom. The van der Waals surface area contributed by atoms with Crippen molar-refractivity contribution in [2.75, 3.05) is 19.8 Å². The van der Waals surface area contributed by atoms with Crippen molar-refractivity contribution in [1.82, 2.24) is 0 Å². The van der Waals surface area contributed by atoms with Gasteiger partial charge in [0.05, 0.1) is 24.1 Å². The summed E-state index contributed by atoms with van der Waals surface area (Å²) in [5, 5.41) is -4.58. The average Bonchev–Trinajstić information content (AvgIpc) is 3.19. The third-order valence-corrected chi connectivity index (χ3v) is 10.3. The van der Waals surface area contributed by atoms with Gasteiger partial charge in [-0.1, -0.05) is 18.2 Å². The molecule has 232 valence electrons. The van der Waals surface area contributed by atoms with Crippen LogP contribution in [0.25, 0.3) is 0 Å². The standard InChI is InChI=1S/C31H34F2O8S2/c1-21-18-27(19-22(2)29(21)41-28(34)20-38-23(3)31(32,33)43(35,36)37)42(25-10-6-5-7-11-25)26-14-12-24(13-15-26)30(4)39-16-8-9-17-40-30/h5-7,10-15,18-19,23H,8-9,16-17,20H2,1-4H3/p+1. The van der Waals surface area contributed by atoms with Gasteiger partial charge in [0.15, 0.2) is 20.5 Å². The van der Waals surface area contributed by atoms with Crippen LogP contribution in [-0.4, -0.2) is 50.1 Å². The van der Waals surface area contributed by atoms with E-state index in [-0.39, 0.29) is 5.75 Å². The fourth-order valence-corrected chi connectivity index (χ4v) is 7.37. The molecule has 1 saturated heterocycles. The SMILES string of the molecule is Cc1cc([S+](c2ccccc2)c2ccc(C3(C)OCCCCO3)cc2)cc(C)c1OC(=O)COC(C)C(F)(F)S(=O)(=O)O. The number of halogens is 2. The number of aryl methyl sites for hydroxylation is 2. The van der Waals surface area contributed by atoms with Crippen LogP contribution in [0.15, 0.2) is 81.4 Å². The highest BCUT2D eigenvalue weighted by Crippen LogP contribution is 2.37. The number of benzene rings is 3. The van der Waals surface area contributed by atoms with E-state index in [9.17, 15) is 22.0 Å². The smallest absolute Gasteiger partial charge is 0.394 e. The van der Waals surface area contributed by atoms with Gasteiger partial charge in [0.1, 0.15) is 18.5 Å². The molecule has 0 aliphatic carbocycles. The Morgan fingerprint density at radius 2 is 1.51 bits per heavy atom. The van der Waals surface area contributed by atoms with E-state index in [1.54, 1.807) is 13.8 Å². The highest BCUT2D eigenvalue weighted by Gasteiger charge is 2.50. The normalized spacial score (nSPS) is 17.1. The van der Waals surface area contributed by atoms with E-state index < -0.39 is 50.7 Å². The molecule has 3 aromatic carbocycles. The van der Waals surface area contributed by atoms with E-state index in [0.29, 0.717) is 24.3 Å². The third kappa shape index (κ3) is 7.62. The molecule has 2 atom stereocenters. The topological polar surface area (TPSA) is 108 Å². The Hall–Kier alpha value is -2.87. The number of rotatable bonds is 10. The van der Waals surface area contributed by atoms with Crippen molar-refractivity contribution in [1.29, 1.82) is 0 Å². The maximum Gasteiger partial charge on any atom is 0.394 e. The van der Waals surface area contributed by atoms with Crippen LogP contribution >= 0.6 is 0 Å². The minimum atomic E-state index is -5.72. The average molecular weight is 638 g/mol. The zero-order valence-electron chi connectivity index (χ0n) is 24.3. The van der Waals surface area contributed by atoms with Crippen molar-refractivity contribution in [3.63, 3.8) is 0 Å². The maximum atomic E-state index is 13.8. The lowest BCUT2D eigenvalue weighted by Crippen LogP contribution is -2.42. The number of alkyl halides is 2. The van der Waals surface area contributed by atoms with Gasteiger partial charge in [0.25, 0.3) is 0 Å². The molecule has 12 heteroatoms. The summed E-state index contributed by atoms with van der Waals surface area (Å²) in [6, 6.07) is 22.0. The molecule has 1 aliphatic rings. The van der Waals surface area contributed by atoms with E-state index >= 15 is 0 Å². The molecule has 1 heterocycles. The van der Waals surface area contributed by atoms with E-state index in [1.165, 1.54) is 0 Å². The third-order valence-electron chi connectivity index (χ3n) is 7.04. The zero-order valence-corrected chi connectivity index (χ0v) is 26.0. The lowest BCUT2D eigenvalue weighted by Gasteiger charge is -2.28. The van der Waals surface area contributed by atoms with Gasteiger partial charge in [-0.15, -0.1) is 0 Å². The van der Waals surface area contributed by atoms with Gasteiger partial charge in [-0.05, 0) is 88.1 Å². The first kappa shape index (κ1) is 33.0. The van der Waals surface area contributed by atoms with Crippen molar-refractivity contribution < 1.29 is 45.5 Å². The second kappa shape index (κ2) is 13.4. The number of hydrogen-bond donors (Lipinski definition) is 1. The molecule has 1 N–H and O–H groups in total. The fraction of sp³-hybridized carbons (Fsp3) is 0.387. The van der Waals surface area contributed by atoms with E-state index in [2.05, 4.69) is 24.3 Å². The highest BCUT2D eigenvalue weighted by molar-refractivity contribution is 7.97. The van der Waals surface area contributed by atoms with Crippen LogP contribution < -0.4 is 4.74 Å². The zero-order chi connectivity index (χ0) is 31.4. The second-order valence-corrected chi connectivity index (χ2v) is 13.9. The van der Waals surface area contributed by atoms with Crippen LogP contribution in [0.4, 0.5) is 8.78 Å². The summed E-state index contributed by atoms with van der Waals surface area (Å²) < 4.78 is 80.3. The molecule has 43 heavy (non-hydrogen) atoms. The Labute approximate surface area is 253 Å². The van der Waals surface area contributed by atoms with Crippen molar-refractivity contribution in [3.05, 3.63) is 83.4 Å². The Morgan fingerprint density at radius 1 is 0.977 bits per heavy atom. The molecule has 0 amide bonds. The minimum absolute atomic E-state index is 0.245. The first-order valence-corrected chi connectivity index (χ1v) is 16.4. The summed E-state index contributed by atoms with van der Waals surface area (Å²) in [6.07, 6.45) is -0.376. The minimum Gasteiger partial charge on any atom is -0.424 e. The molecule has 8 nitrogen and oxygen atoms in total. The monoisotopic (exact) mass is 637 g/mol. The van der Waals surface area contributed by atoms with E-state index in [4.69, 9.17) is 23.5 Å². The van der Waals surface area contributed by atoms with Gasteiger partial charge >= 0.3 is 21.3 Å². The number of hydrogen-bond acceptors (Lipinski definition) is 7. The number of esters is 1. The summed E-state index contributed by atoms with van der Waals surface area (Å²) >= 11 is 0. The maximum absolute atomic E-state index is 13.8. The predicted octanol–water partition coefficient (Wildman–Crippen LogP) is 6.19. The molecular formula is C31H35F2O8S2+. The number of carbonyl (C=O) groups is 1. The molecule has 1 aliphatic heterocycles. The van der Waals surface area contributed by atoms with Crippen molar-refractivity contribution in [2.45, 2.75) is 72.4 Å². The van der Waals surface area contributed by atoms with E-state index in [1.807, 2.05) is 49.4 Å². The second-order valence-electron chi connectivity index (χ2n) is 10.3. The van der Waals surface area contributed by atoms with Crippen LogP contribution in [0.2, 0.25) is 0 Å². The lowest BCUT2D eigenvalue weighted by molar-refractivity contribution is -0.221. The largest absolute Gasteiger partial charge is 0.424 e. The van der Waals surface area contributed by atoms with Gasteiger partial charge in [0.2, 0.25) is 0 Å². The first-order chi connectivity index (χ1) is 20.2. The number of ether oxygens (including phenoxy) is 4. The molecule has 4 rings (SSSR count). The molecule has 0 radical (unpaired) electrons. The van der Waals surface area contributed by atoms with Gasteiger partial charge in [0, 0.05) is 17.7 Å². The highest BCUT2D eigenvalue weighted by atomic mass is 32.2. The van der Waals surface area contributed by atoms with Crippen LogP contribution in [-0.2, 0) is 45.8 Å². The summed E-state index contributed by atoms with van der Waals surface area (Å²) in [6.45, 7) is 6.52. The Balaban J connectivity index is 1.58. The van der Waals surface area contributed by atoms with Crippen LogP contribution in [0.3, 0.4) is 0 Å². The van der Waals surface area contributed by atoms with Crippen LogP contribution in [0.1, 0.15) is 43.4 Å². The molecular weight excluding hydrogens is 602 g/mol. The summed E-state index contributed by atoms with van der Waals surface area (Å²) in [4.78, 5) is 15.6. The molecule has 1 fully saturated rings. The van der Waals surface area contributed by atoms with Gasteiger partial charge in [-0.25, -0.2) is 4.79 Å². The molecule has 3 aromatic rings. The van der Waals surface area contributed by atoms with Crippen LogP contribution in [0, 0.1) is 13.8 Å². The van der Waals surface area contributed by atoms with Gasteiger partial charge in [-0.2, -0.15) is 17.2 Å². The molecule has 0 saturated carbocycles. The predicted molar refractivity (Wildman–Crippen MR) is 157 cm³/mol. The quantitative estimate of drug-likeness (QED) is 0.121. The van der Waals surface area contributed by atoms with Crippen molar-refractivity contribution in [2.24, 2.45) is 0 Å². The molecule has 2 unspecified atom stereocenters. The van der Waals surface area contributed by atoms with Gasteiger partial charge in [-0.3, -0.25) is 4.55 Å². The van der Waals surface area contributed by atoms with Crippen molar-refractivity contribution in [3.8, 4) is 5.75 Å². The van der Waals surface area contributed by atoms with E-state index in [0.717, 1.165) is 40.0 Å². The fourth-order valence-electron chi connectivity index (χ4n) is 4.64. The summed E-state index contributed by atoms with van der Waals surface area (Å²) in [5.74, 6) is -1.57. The first-order valence-electron chi connectivity index (χ1n) is 13.7. The van der Waals surface area contributed by atoms with Crippen molar-refractivity contribution >= 4 is 27.0 Å².